The van der Waals surface area contributed by atoms with E-state index in [9.17, 15) is 9.59 Å². The molecular weight excluding hydrogens is 254 g/mol. The zero-order chi connectivity index (χ0) is 14.8. The minimum Gasteiger partial charge on any atom is -0.465 e. The molecule has 1 amide bonds. The van der Waals surface area contributed by atoms with Crippen LogP contribution >= 0.6 is 0 Å². The molecule has 0 aromatic carbocycles. The Morgan fingerprint density at radius 3 is 2.60 bits per heavy atom. The molecule has 0 N–H and O–H groups in total. The van der Waals surface area contributed by atoms with Crippen molar-refractivity contribution in [2.45, 2.75) is 51.9 Å². The molecule has 0 aliphatic heterocycles. The molecule has 0 radical (unpaired) electrons. The number of esters is 1. The molecule has 1 saturated carbocycles. The zero-order valence-electron chi connectivity index (χ0n) is 12.6. The number of hydrogen-bond donors (Lipinski definition) is 0. The Hall–Kier alpha value is -1.32. The first-order valence-electron chi connectivity index (χ1n) is 7.71. The third-order valence-corrected chi connectivity index (χ3v) is 3.82. The van der Waals surface area contributed by atoms with E-state index in [2.05, 4.69) is 6.58 Å². The fraction of sp³-hybridized carbons (Fsp3) is 0.750. The van der Waals surface area contributed by atoms with Crippen LogP contribution in [0.1, 0.15) is 51.9 Å². The Labute approximate surface area is 122 Å². The Kier molecular flexibility index (Phi) is 8.00. The summed E-state index contributed by atoms with van der Waals surface area (Å²) in [5.74, 6) is 0.366. The molecule has 0 unspecified atom stereocenters. The van der Waals surface area contributed by atoms with Crippen molar-refractivity contribution >= 4 is 11.9 Å². The lowest BCUT2D eigenvalue weighted by Gasteiger charge is -2.24. The van der Waals surface area contributed by atoms with Crippen LogP contribution in [0.3, 0.4) is 0 Å². The average molecular weight is 281 g/mol. The smallest absolute Gasteiger partial charge is 0.325 e. The topological polar surface area (TPSA) is 46.6 Å². The van der Waals surface area contributed by atoms with Crippen LogP contribution < -0.4 is 0 Å². The highest BCUT2D eigenvalue weighted by atomic mass is 16.5. The van der Waals surface area contributed by atoms with Gasteiger partial charge in [-0.25, -0.2) is 0 Å². The van der Waals surface area contributed by atoms with Gasteiger partial charge in [0.15, 0.2) is 0 Å². The molecule has 0 aromatic heterocycles. The molecule has 0 saturated heterocycles. The van der Waals surface area contributed by atoms with Gasteiger partial charge in [-0.3, -0.25) is 9.59 Å². The summed E-state index contributed by atoms with van der Waals surface area (Å²) < 4.78 is 4.90. The second kappa shape index (κ2) is 9.56. The third-order valence-electron chi connectivity index (χ3n) is 3.82. The predicted molar refractivity (Wildman–Crippen MR) is 79.2 cm³/mol. The Morgan fingerprint density at radius 2 is 2.00 bits per heavy atom. The standard InChI is InChI=1S/C16H27NO3/c1-3-12-17(13-16(19)20-4-2)15(18)11-10-14-8-6-5-7-9-14/h3,14H,1,4-13H2,2H3. The highest BCUT2D eigenvalue weighted by molar-refractivity contribution is 5.82. The van der Waals surface area contributed by atoms with E-state index in [1.165, 1.54) is 37.0 Å². The summed E-state index contributed by atoms with van der Waals surface area (Å²) in [5, 5.41) is 0. The van der Waals surface area contributed by atoms with E-state index in [0.717, 1.165) is 6.42 Å². The van der Waals surface area contributed by atoms with Gasteiger partial charge in [0.05, 0.1) is 6.61 Å². The number of hydrogen-bond acceptors (Lipinski definition) is 3. The van der Waals surface area contributed by atoms with E-state index in [1.54, 1.807) is 13.0 Å². The Balaban J connectivity index is 2.37. The van der Waals surface area contributed by atoms with Gasteiger partial charge < -0.3 is 9.64 Å². The molecule has 0 spiro atoms. The van der Waals surface area contributed by atoms with Crippen molar-refractivity contribution in [2.24, 2.45) is 5.92 Å². The molecular formula is C16H27NO3. The van der Waals surface area contributed by atoms with Crippen molar-refractivity contribution in [1.82, 2.24) is 4.90 Å². The predicted octanol–water partition coefficient (Wildman–Crippen LogP) is 2.92. The highest BCUT2D eigenvalue weighted by Crippen LogP contribution is 2.27. The molecule has 0 aromatic rings. The summed E-state index contributed by atoms with van der Waals surface area (Å²) >= 11 is 0. The van der Waals surface area contributed by atoms with Gasteiger partial charge in [0.1, 0.15) is 6.54 Å². The van der Waals surface area contributed by atoms with Gasteiger partial charge in [-0.05, 0) is 19.3 Å². The van der Waals surface area contributed by atoms with Gasteiger partial charge in [0.25, 0.3) is 0 Å². The van der Waals surface area contributed by atoms with E-state index in [4.69, 9.17) is 4.74 Å². The maximum Gasteiger partial charge on any atom is 0.325 e. The molecule has 1 rings (SSSR count). The van der Waals surface area contributed by atoms with Crippen LogP contribution in [0.4, 0.5) is 0 Å². The molecule has 114 valence electrons. The number of ether oxygens (including phenoxy) is 1. The van der Waals surface area contributed by atoms with Crippen molar-refractivity contribution in [2.75, 3.05) is 19.7 Å². The van der Waals surface area contributed by atoms with Gasteiger partial charge in [-0.2, -0.15) is 0 Å². The quantitative estimate of drug-likeness (QED) is 0.507. The van der Waals surface area contributed by atoms with Crippen LogP contribution in [0.2, 0.25) is 0 Å². The Bertz CT molecular complexity index is 322. The zero-order valence-corrected chi connectivity index (χ0v) is 12.6. The van der Waals surface area contributed by atoms with E-state index in [-0.39, 0.29) is 18.4 Å². The van der Waals surface area contributed by atoms with Crippen LogP contribution in [-0.2, 0) is 14.3 Å². The molecule has 0 heterocycles. The van der Waals surface area contributed by atoms with E-state index in [1.807, 2.05) is 0 Å². The second-order valence-corrected chi connectivity index (χ2v) is 5.41. The van der Waals surface area contributed by atoms with Crippen molar-refractivity contribution in [3.8, 4) is 0 Å². The van der Waals surface area contributed by atoms with E-state index in [0.29, 0.717) is 25.5 Å². The first-order chi connectivity index (χ1) is 9.67. The van der Waals surface area contributed by atoms with Crippen molar-refractivity contribution < 1.29 is 14.3 Å². The minimum atomic E-state index is -0.347. The molecule has 1 aliphatic rings. The number of amides is 1. The van der Waals surface area contributed by atoms with E-state index >= 15 is 0 Å². The summed E-state index contributed by atoms with van der Waals surface area (Å²) in [5.41, 5.74) is 0. The second-order valence-electron chi connectivity index (χ2n) is 5.41. The van der Waals surface area contributed by atoms with Crippen molar-refractivity contribution in [1.29, 1.82) is 0 Å². The minimum absolute atomic E-state index is 0.0310. The third kappa shape index (κ3) is 6.22. The lowest BCUT2D eigenvalue weighted by Crippen LogP contribution is -2.36. The Morgan fingerprint density at radius 1 is 1.30 bits per heavy atom. The number of nitrogens with zero attached hydrogens (tertiary/aromatic N) is 1. The van der Waals surface area contributed by atoms with Crippen molar-refractivity contribution in [3.05, 3.63) is 12.7 Å². The van der Waals surface area contributed by atoms with Crippen LogP contribution in [-0.4, -0.2) is 36.5 Å². The molecule has 20 heavy (non-hydrogen) atoms. The van der Waals surface area contributed by atoms with Crippen LogP contribution in [0, 0.1) is 5.92 Å². The maximum absolute atomic E-state index is 12.2. The lowest BCUT2D eigenvalue weighted by atomic mass is 9.86. The van der Waals surface area contributed by atoms with Gasteiger partial charge >= 0.3 is 5.97 Å². The largest absolute Gasteiger partial charge is 0.465 e. The van der Waals surface area contributed by atoms with Gasteiger partial charge in [-0.15, -0.1) is 6.58 Å². The molecule has 1 fully saturated rings. The summed E-state index contributed by atoms with van der Waals surface area (Å²) in [6.07, 6.45) is 9.51. The summed E-state index contributed by atoms with van der Waals surface area (Å²) in [7, 11) is 0. The molecule has 4 nitrogen and oxygen atoms in total. The summed E-state index contributed by atoms with van der Waals surface area (Å²) in [6.45, 7) is 6.19. The average Bonchev–Trinajstić information content (AvgIpc) is 2.45. The van der Waals surface area contributed by atoms with E-state index < -0.39 is 0 Å². The molecule has 0 bridgehead atoms. The molecule has 1 aliphatic carbocycles. The normalized spacial score (nSPS) is 15.7. The fourth-order valence-corrected chi connectivity index (χ4v) is 2.73. The van der Waals surface area contributed by atoms with Crippen LogP contribution in [0.25, 0.3) is 0 Å². The van der Waals surface area contributed by atoms with Crippen LogP contribution in [0.5, 0.6) is 0 Å². The number of carbonyl (C=O) groups is 2. The molecule has 0 atom stereocenters. The SMILES string of the molecule is C=CCN(CC(=O)OCC)C(=O)CCC1CCCCC1. The van der Waals surface area contributed by atoms with Crippen molar-refractivity contribution in [3.63, 3.8) is 0 Å². The first-order valence-corrected chi connectivity index (χ1v) is 7.71. The first kappa shape index (κ1) is 16.7. The van der Waals surface area contributed by atoms with Gasteiger partial charge in [0.2, 0.25) is 5.91 Å². The molecule has 4 heteroatoms. The number of carbonyl (C=O) groups excluding carboxylic acids is 2. The maximum atomic E-state index is 12.2. The fourth-order valence-electron chi connectivity index (χ4n) is 2.73. The van der Waals surface area contributed by atoms with Gasteiger partial charge in [0, 0.05) is 13.0 Å². The summed E-state index contributed by atoms with van der Waals surface area (Å²) in [4.78, 5) is 25.2. The highest BCUT2D eigenvalue weighted by Gasteiger charge is 2.19. The summed E-state index contributed by atoms with van der Waals surface area (Å²) in [6, 6.07) is 0. The number of rotatable bonds is 8. The van der Waals surface area contributed by atoms with Crippen LogP contribution in [0.15, 0.2) is 12.7 Å². The van der Waals surface area contributed by atoms with Gasteiger partial charge in [-0.1, -0.05) is 38.2 Å². The lowest BCUT2D eigenvalue weighted by molar-refractivity contribution is -0.148. The monoisotopic (exact) mass is 281 g/mol.